The Balaban J connectivity index is 2.75. The molecule has 0 aliphatic heterocycles. The summed E-state index contributed by atoms with van der Waals surface area (Å²) in [6, 6.07) is 5.54. The fraction of sp³-hybridized carbons (Fsp3) is 0.455. The summed E-state index contributed by atoms with van der Waals surface area (Å²) in [7, 11) is -3.53. The summed E-state index contributed by atoms with van der Waals surface area (Å²) in [6.45, 7) is 1.83. The van der Waals surface area contributed by atoms with Crippen molar-refractivity contribution in [3.05, 3.63) is 24.3 Å². The van der Waals surface area contributed by atoms with Crippen LogP contribution in [0.15, 0.2) is 29.2 Å². The quantitative estimate of drug-likeness (QED) is 0.831. The van der Waals surface area contributed by atoms with E-state index in [0.717, 1.165) is 12.2 Å². The number of rotatable bonds is 6. The number of phenolic OH excluding ortho intramolecular Hbond substituents is 1. The third kappa shape index (κ3) is 4.57. The molecule has 0 radical (unpaired) electrons. The average molecular weight is 275 g/mol. The molecule has 0 amide bonds. The second kappa shape index (κ2) is 6.28. The first kappa shape index (κ1) is 14.3. The number of thioether (sulfide) groups is 1. The van der Waals surface area contributed by atoms with Crippen molar-refractivity contribution in [2.24, 2.45) is 0 Å². The van der Waals surface area contributed by atoms with E-state index >= 15 is 0 Å². The summed E-state index contributed by atoms with van der Waals surface area (Å²) >= 11 is 1.68. The summed E-state index contributed by atoms with van der Waals surface area (Å²) in [5.41, 5.74) is 0. The molecule has 1 aromatic carbocycles. The summed E-state index contributed by atoms with van der Waals surface area (Å²) in [4.78, 5) is 0.0912. The van der Waals surface area contributed by atoms with E-state index in [1.807, 2.05) is 13.2 Å². The zero-order chi connectivity index (χ0) is 12.9. The number of phenols is 1. The zero-order valence-electron chi connectivity index (χ0n) is 9.88. The zero-order valence-corrected chi connectivity index (χ0v) is 11.5. The van der Waals surface area contributed by atoms with Crippen LogP contribution in [0, 0.1) is 0 Å². The number of aromatic hydroxyl groups is 1. The van der Waals surface area contributed by atoms with Crippen molar-refractivity contribution in [1.82, 2.24) is 4.72 Å². The van der Waals surface area contributed by atoms with E-state index in [9.17, 15) is 13.5 Å². The predicted molar refractivity (Wildman–Crippen MR) is 70.9 cm³/mol. The molecule has 6 heteroatoms. The first-order chi connectivity index (χ1) is 7.95. The fourth-order valence-electron chi connectivity index (χ4n) is 1.34. The van der Waals surface area contributed by atoms with Crippen molar-refractivity contribution in [2.45, 2.75) is 24.3 Å². The molecule has 1 unspecified atom stereocenters. The van der Waals surface area contributed by atoms with Gasteiger partial charge < -0.3 is 5.11 Å². The Morgan fingerprint density at radius 3 is 2.76 bits per heavy atom. The first-order valence-electron chi connectivity index (χ1n) is 5.26. The van der Waals surface area contributed by atoms with Gasteiger partial charge in [-0.1, -0.05) is 6.07 Å². The molecule has 0 spiro atoms. The van der Waals surface area contributed by atoms with Gasteiger partial charge in [0, 0.05) is 6.04 Å². The van der Waals surface area contributed by atoms with E-state index in [0.29, 0.717) is 0 Å². The topological polar surface area (TPSA) is 66.4 Å². The van der Waals surface area contributed by atoms with Crippen molar-refractivity contribution in [3.63, 3.8) is 0 Å². The van der Waals surface area contributed by atoms with Crippen LogP contribution in [0.2, 0.25) is 0 Å². The second-order valence-corrected chi connectivity index (χ2v) is 6.50. The maximum Gasteiger partial charge on any atom is 0.240 e. The number of sulfonamides is 1. The highest BCUT2D eigenvalue weighted by molar-refractivity contribution is 7.98. The van der Waals surface area contributed by atoms with Crippen molar-refractivity contribution >= 4 is 21.8 Å². The Morgan fingerprint density at radius 1 is 1.47 bits per heavy atom. The number of hydrogen-bond acceptors (Lipinski definition) is 4. The summed E-state index contributed by atoms with van der Waals surface area (Å²) in [5.74, 6) is 0.855. The van der Waals surface area contributed by atoms with E-state index in [1.54, 1.807) is 11.8 Å². The molecule has 0 saturated heterocycles. The van der Waals surface area contributed by atoms with Crippen LogP contribution in [-0.2, 0) is 10.0 Å². The highest BCUT2D eigenvalue weighted by Gasteiger charge is 2.17. The average Bonchev–Trinajstić information content (AvgIpc) is 2.26. The van der Waals surface area contributed by atoms with Crippen molar-refractivity contribution in [3.8, 4) is 5.75 Å². The Labute approximate surface area is 106 Å². The molecule has 0 heterocycles. The van der Waals surface area contributed by atoms with Gasteiger partial charge in [-0.2, -0.15) is 11.8 Å². The molecule has 96 valence electrons. The molecule has 17 heavy (non-hydrogen) atoms. The highest BCUT2D eigenvalue weighted by atomic mass is 32.2. The molecular weight excluding hydrogens is 258 g/mol. The van der Waals surface area contributed by atoms with Crippen molar-refractivity contribution < 1.29 is 13.5 Å². The smallest absolute Gasteiger partial charge is 0.240 e. The molecule has 1 atom stereocenters. The number of benzene rings is 1. The van der Waals surface area contributed by atoms with Crippen LogP contribution < -0.4 is 4.72 Å². The van der Waals surface area contributed by atoms with Gasteiger partial charge in [-0.3, -0.25) is 0 Å². The summed E-state index contributed by atoms with van der Waals surface area (Å²) < 4.78 is 26.4. The minimum absolute atomic E-state index is 0.0513. The lowest BCUT2D eigenvalue weighted by molar-refractivity contribution is 0.472. The standard InChI is InChI=1S/C11H17NO3S2/c1-9(6-7-16-2)12-17(14,15)11-5-3-4-10(13)8-11/h3-5,8-9,12-13H,6-7H2,1-2H3. The lowest BCUT2D eigenvalue weighted by Gasteiger charge is -2.13. The van der Waals surface area contributed by atoms with Crippen LogP contribution >= 0.6 is 11.8 Å². The Kier molecular flexibility index (Phi) is 5.30. The SMILES string of the molecule is CSCCC(C)NS(=O)(=O)c1cccc(O)c1. The van der Waals surface area contributed by atoms with Gasteiger partial charge in [0.1, 0.15) is 5.75 Å². The summed E-state index contributed by atoms with van der Waals surface area (Å²) in [5, 5.41) is 9.26. The Morgan fingerprint density at radius 2 is 2.18 bits per heavy atom. The molecule has 2 N–H and O–H groups in total. The molecule has 0 saturated carbocycles. The highest BCUT2D eigenvalue weighted by Crippen LogP contribution is 2.16. The predicted octanol–water partition coefficient (Wildman–Crippen LogP) is 1.81. The maximum absolute atomic E-state index is 11.9. The molecule has 0 fully saturated rings. The van der Waals surface area contributed by atoms with Crippen LogP contribution in [0.5, 0.6) is 5.75 Å². The second-order valence-electron chi connectivity index (χ2n) is 3.80. The van der Waals surface area contributed by atoms with Gasteiger partial charge in [0.2, 0.25) is 10.0 Å². The molecule has 0 bridgehead atoms. The Bertz CT molecular complexity index is 460. The molecule has 1 aromatic rings. The van der Waals surface area contributed by atoms with Gasteiger partial charge >= 0.3 is 0 Å². The van der Waals surface area contributed by atoms with Gasteiger partial charge in [0.25, 0.3) is 0 Å². The van der Waals surface area contributed by atoms with Gasteiger partial charge in [0.05, 0.1) is 4.90 Å². The van der Waals surface area contributed by atoms with Gasteiger partial charge in [0.15, 0.2) is 0 Å². The van der Waals surface area contributed by atoms with E-state index in [-0.39, 0.29) is 16.7 Å². The molecule has 4 nitrogen and oxygen atoms in total. The fourth-order valence-corrected chi connectivity index (χ4v) is 3.24. The van der Waals surface area contributed by atoms with Crippen LogP contribution in [0.3, 0.4) is 0 Å². The van der Waals surface area contributed by atoms with Crippen molar-refractivity contribution in [1.29, 1.82) is 0 Å². The van der Waals surface area contributed by atoms with E-state index in [4.69, 9.17) is 0 Å². The lowest BCUT2D eigenvalue weighted by atomic mass is 10.3. The minimum Gasteiger partial charge on any atom is -0.508 e. The molecule has 1 rings (SSSR count). The molecule has 0 aliphatic carbocycles. The van der Waals surface area contributed by atoms with E-state index in [2.05, 4.69) is 4.72 Å². The maximum atomic E-state index is 11.9. The van der Waals surface area contributed by atoms with Crippen LogP contribution in [0.4, 0.5) is 0 Å². The molecule has 0 aliphatic rings. The van der Waals surface area contributed by atoms with Crippen LogP contribution in [0.25, 0.3) is 0 Å². The van der Waals surface area contributed by atoms with Crippen LogP contribution in [0.1, 0.15) is 13.3 Å². The lowest BCUT2D eigenvalue weighted by Crippen LogP contribution is -2.32. The largest absolute Gasteiger partial charge is 0.508 e. The first-order valence-corrected chi connectivity index (χ1v) is 8.13. The van der Waals surface area contributed by atoms with E-state index in [1.165, 1.54) is 24.3 Å². The third-order valence-corrected chi connectivity index (χ3v) is 4.47. The molecular formula is C11H17NO3S2. The van der Waals surface area contributed by atoms with E-state index < -0.39 is 10.0 Å². The monoisotopic (exact) mass is 275 g/mol. The number of hydrogen-bond donors (Lipinski definition) is 2. The minimum atomic E-state index is -3.53. The summed E-state index contributed by atoms with van der Waals surface area (Å²) in [6.07, 6.45) is 2.76. The van der Waals surface area contributed by atoms with Crippen molar-refractivity contribution in [2.75, 3.05) is 12.0 Å². The van der Waals surface area contributed by atoms with Gasteiger partial charge in [-0.05, 0) is 43.6 Å². The van der Waals surface area contributed by atoms with Gasteiger partial charge in [-0.15, -0.1) is 0 Å². The molecule has 0 aromatic heterocycles. The normalized spacial score (nSPS) is 13.5. The third-order valence-electron chi connectivity index (χ3n) is 2.24. The van der Waals surface area contributed by atoms with Crippen LogP contribution in [-0.4, -0.2) is 31.6 Å². The van der Waals surface area contributed by atoms with Gasteiger partial charge in [-0.25, -0.2) is 13.1 Å². The number of nitrogens with one attached hydrogen (secondary N) is 1. The Hall–Kier alpha value is -0.720.